The number of fused-ring (bicyclic) bond motifs is 1. The number of ether oxygens (including phenoxy) is 1. The summed E-state index contributed by atoms with van der Waals surface area (Å²) in [5.74, 6) is 0.397. The van der Waals surface area contributed by atoms with Crippen LogP contribution in [-0.4, -0.2) is 25.4 Å². The summed E-state index contributed by atoms with van der Waals surface area (Å²) in [5, 5.41) is 2.90. The number of imidazole rings is 1. The fourth-order valence-corrected chi connectivity index (χ4v) is 3.33. The predicted molar refractivity (Wildman–Crippen MR) is 122 cm³/mol. The van der Waals surface area contributed by atoms with Crippen molar-refractivity contribution in [2.75, 3.05) is 5.32 Å². The second-order valence-corrected chi connectivity index (χ2v) is 7.21. The molecule has 0 aliphatic carbocycles. The number of nitrogens with one attached hydrogen (secondary N) is 1. The van der Waals surface area contributed by atoms with E-state index < -0.39 is 0 Å². The van der Waals surface area contributed by atoms with Crippen LogP contribution in [0.5, 0.6) is 11.8 Å². The topological polar surface area (TPSA) is 81.9 Å². The van der Waals surface area contributed by atoms with Gasteiger partial charge < -0.3 is 10.1 Å². The number of nitrogens with zero attached hydrogens (tertiary/aromatic N) is 4. The van der Waals surface area contributed by atoms with Crippen LogP contribution >= 0.6 is 0 Å². The van der Waals surface area contributed by atoms with E-state index >= 15 is 0 Å². The minimum Gasteiger partial charge on any atom is -0.424 e. The van der Waals surface area contributed by atoms with Crippen molar-refractivity contribution in [2.45, 2.75) is 6.92 Å². The number of amides is 1. The molecule has 1 amide bonds. The zero-order chi connectivity index (χ0) is 21.9. The fourth-order valence-electron chi connectivity index (χ4n) is 3.33. The van der Waals surface area contributed by atoms with E-state index in [0.29, 0.717) is 17.0 Å². The van der Waals surface area contributed by atoms with E-state index in [1.807, 2.05) is 47.9 Å². The molecule has 0 aliphatic heterocycles. The zero-order valence-electron chi connectivity index (χ0n) is 17.3. The molecule has 5 rings (SSSR count). The predicted octanol–water partition coefficient (Wildman–Crippen LogP) is 5.17. The van der Waals surface area contributed by atoms with Crippen molar-refractivity contribution in [3.63, 3.8) is 0 Å². The number of anilines is 1. The highest BCUT2D eigenvalue weighted by atomic mass is 16.5. The van der Waals surface area contributed by atoms with Gasteiger partial charge in [0.05, 0.1) is 11.0 Å². The number of aromatic nitrogens is 4. The molecule has 32 heavy (non-hydrogen) atoms. The highest BCUT2D eigenvalue weighted by Gasteiger charge is 2.09. The molecule has 2 aromatic heterocycles. The minimum atomic E-state index is -0.192. The second-order valence-electron chi connectivity index (χ2n) is 7.21. The van der Waals surface area contributed by atoms with Crippen LogP contribution in [0.15, 0.2) is 91.4 Å². The standard InChI is InChI=1S/C25H19N5O2/c1-17-14-15-26-25(28-17)32-21-12-8-19(9-13-21)29-24(31)18-6-10-20(11-7-18)30-16-27-22-4-2-3-5-23(22)30/h2-16H,1H3,(H,29,31). The third-order valence-electron chi connectivity index (χ3n) is 4.96. The van der Waals surface area contributed by atoms with Crippen LogP contribution in [0.3, 0.4) is 0 Å². The van der Waals surface area contributed by atoms with Crippen molar-refractivity contribution in [2.24, 2.45) is 0 Å². The maximum absolute atomic E-state index is 12.7. The lowest BCUT2D eigenvalue weighted by Crippen LogP contribution is -2.11. The first-order chi connectivity index (χ1) is 15.7. The minimum absolute atomic E-state index is 0.192. The highest BCUT2D eigenvalue weighted by molar-refractivity contribution is 6.04. The van der Waals surface area contributed by atoms with E-state index in [4.69, 9.17) is 4.74 Å². The lowest BCUT2D eigenvalue weighted by molar-refractivity contribution is 0.102. The molecule has 156 valence electrons. The Morgan fingerprint density at radius 2 is 1.69 bits per heavy atom. The van der Waals surface area contributed by atoms with Crippen LogP contribution in [0, 0.1) is 6.92 Å². The van der Waals surface area contributed by atoms with Crippen LogP contribution in [-0.2, 0) is 0 Å². The van der Waals surface area contributed by atoms with Gasteiger partial charge in [-0.05, 0) is 73.7 Å². The first-order valence-corrected chi connectivity index (χ1v) is 10.1. The van der Waals surface area contributed by atoms with Gasteiger partial charge in [0.15, 0.2) is 0 Å². The molecule has 7 heteroatoms. The molecular weight excluding hydrogens is 402 g/mol. The molecule has 0 fully saturated rings. The van der Waals surface area contributed by atoms with Gasteiger partial charge in [-0.2, -0.15) is 0 Å². The van der Waals surface area contributed by atoms with Crippen LogP contribution in [0.25, 0.3) is 16.7 Å². The Morgan fingerprint density at radius 1 is 0.906 bits per heavy atom. The Morgan fingerprint density at radius 3 is 2.47 bits per heavy atom. The average molecular weight is 421 g/mol. The molecule has 2 heterocycles. The molecular formula is C25H19N5O2. The van der Waals surface area contributed by atoms with E-state index in [9.17, 15) is 4.79 Å². The first-order valence-electron chi connectivity index (χ1n) is 10.1. The average Bonchev–Trinajstić information content (AvgIpc) is 3.25. The van der Waals surface area contributed by atoms with Gasteiger partial charge in [0.2, 0.25) is 0 Å². The summed E-state index contributed by atoms with van der Waals surface area (Å²) >= 11 is 0. The molecule has 0 bridgehead atoms. The number of hydrogen-bond acceptors (Lipinski definition) is 5. The van der Waals surface area contributed by atoms with Crippen molar-refractivity contribution in [1.29, 1.82) is 0 Å². The van der Waals surface area contributed by atoms with E-state index in [0.717, 1.165) is 22.4 Å². The number of para-hydroxylation sites is 2. The second kappa shape index (κ2) is 8.31. The lowest BCUT2D eigenvalue weighted by atomic mass is 10.2. The molecule has 0 spiro atoms. The Bertz CT molecular complexity index is 1390. The number of rotatable bonds is 5. The maximum Gasteiger partial charge on any atom is 0.322 e. The molecule has 0 unspecified atom stereocenters. The Kier molecular flexibility index (Phi) is 5.05. The van der Waals surface area contributed by atoms with E-state index in [1.165, 1.54) is 0 Å². The molecule has 0 radical (unpaired) electrons. The largest absolute Gasteiger partial charge is 0.424 e. The van der Waals surface area contributed by atoms with E-state index in [2.05, 4.69) is 20.3 Å². The Hall–Kier alpha value is -4.52. The third kappa shape index (κ3) is 4.04. The molecule has 5 aromatic rings. The van der Waals surface area contributed by atoms with Crippen LogP contribution in [0.1, 0.15) is 16.1 Å². The molecule has 1 N–H and O–H groups in total. The first kappa shape index (κ1) is 19.4. The monoisotopic (exact) mass is 421 g/mol. The van der Waals surface area contributed by atoms with Crippen LogP contribution in [0.4, 0.5) is 5.69 Å². The van der Waals surface area contributed by atoms with Gasteiger partial charge in [-0.1, -0.05) is 12.1 Å². The van der Waals surface area contributed by atoms with Gasteiger partial charge in [0, 0.05) is 28.8 Å². The summed E-state index contributed by atoms with van der Waals surface area (Å²) in [6, 6.07) is 24.5. The summed E-state index contributed by atoms with van der Waals surface area (Å²) in [7, 11) is 0. The molecule has 0 saturated carbocycles. The summed E-state index contributed by atoms with van der Waals surface area (Å²) < 4.78 is 7.63. The molecule has 0 aliphatic rings. The van der Waals surface area contributed by atoms with Crippen molar-refractivity contribution in [3.8, 4) is 17.4 Å². The van der Waals surface area contributed by atoms with Gasteiger partial charge in [0.1, 0.15) is 12.1 Å². The lowest BCUT2D eigenvalue weighted by Gasteiger charge is -2.09. The molecule has 7 nitrogen and oxygen atoms in total. The number of hydrogen-bond donors (Lipinski definition) is 1. The van der Waals surface area contributed by atoms with Gasteiger partial charge >= 0.3 is 6.01 Å². The summed E-state index contributed by atoms with van der Waals surface area (Å²) in [4.78, 5) is 25.4. The number of carbonyl (C=O) groups excluding carboxylic acids is 1. The summed E-state index contributed by atoms with van der Waals surface area (Å²) in [6.07, 6.45) is 3.43. The number of benzene rings is 3. The van der Waals surface area contributed by atoms with E-state index in [1.54, 1.807) is 55.0 Å². The van der Waals surface area contributed by atoms with Gasteiger partial charge in [-0.15, -0.1) is 0 Å². The molecule has 3 aromatic carbocycles. The van der Waals surface area contributed by atoms with E-state index in [-0.39, 0.29) is 11.9 Å². The van der Waals surface area contributed by atoms with Crippen LogP contribution in [0.2, 0.25) is 0 Å². The summed E-state index contributed by atoms with van der Waals surface area (Å²) in [6.45, 7) is 1.87. The molecule has 0 atom stereocenters. The van der Waals surface area contributed by atoms with Crippen molar-refractivity contribution >= 4 is 22.6 Å². The maximum atomic E-state index is 12.7. The normalized spacial score (nSPS) is 10.8. The summed E-state index contributed by atoms with van der Waals surface area (Å²) in [5.41, 5.74) is 4.93. The number of aryl methyl sites for hydroxylation is 1. The SMILES string of the molecule is Cc1ccnc(Oc2ccc(NC(=O)c3ccc(-n4cnc5ccccc54)cc3)cc2)n1. The third-order valence-corrected chi connectivity index (χ3v) is 4.96. The number of carbonyl (C=O) groups is 1. The molecule has 0 saturated heterocycles. The quantitative estimate of drug-likeness (QED) is 0.423. The smallest absolute Gasteiger partial charge is 0.322 e. The van der Waals surface area contributed by atoms with Crippen LogP contribution < -0.4 is 10.1 Å². The Labute approximate surface area is 184 Å². The highest BCUT2D eigenvalue weighted by Crippen LogP contribution is 2.22. The Balaban J connectivity index is 1.26. The van der Waals surface area contributed by atoms with Gasteiger partial charge in [-0.3, -0.25) is 9.36 Å². The van der Waals surface area contributed by atoms with Gasteiger partial charge in [0.25, 0.3) is 5.91 Å². The van der Waals surface area contributed by atoms with Gasteiger partial charge in [-0.25, -0.2) is 15.0 Å². The van der Waals surface area contributed by atoms with Crippen molar-refractivity contribution in [1.82, 2.24) is 19.5 Å². The zero-order valence-corrected chi connectivity index (χ0v) is 17.3. The van der Waals surface area contributed by atoms with Crippen molar-refractivity contribution < 1.29 is 9.53 Å². The fraction of sp³-hybridized carbons (Fsp3) is 0.0400. The van der Waals surface area contributed by atoms with Crippen molar-refractivity contribution in [3.05, 3.63) is 103 Å².